The number of rotatable bonds is 5. The van der Waals surface area contributed by atoms with Crippen LogP contribution in [0.4, 0.5) is 0 Å². The zero-order valence-corrected chi connectivity index (χ0v) is 11.3. The molecule has 0 spiro atoms. The second-order valence-corrected chi connectivity index (χ2v) is 4.87. The summed E-state index contributed by atoms with van der Waals surface area (Å²) in [6, 6.07) is 4.77. The molecule has 3 N–H and O–H groups in total. The molecule has 0 saturated carbocycles. The van der Waals surface area contributed by atoms with Gasteiger partial charge in [-0.15, -0.1) is 0 Å². The van der Waals surface area contributed by atoms with E-state index in [-0.39, 0.29) is 17.5 Å². The van der Waals surface area contributed by atoms with Gasteiger partial charge in [0.25, 0.3) is 0 Å². The number of phenols is 2. The molecule has 0 aliphatic carbocycles. The standard InChI is InChI=1S/C14H22N2O3/c1-11(13-3-2-12(17)10-14(13)18)15-4-5-16-6-8-19-9-7-16/h2-3,10-11,15,17-18H,4-9H2,1H3. The minimum Gasteiger partial charge on any atom is -0.508 e. The Morgan fingerprint density at radius 1 is 1.32 bits per heavy atom. The Morgan fingerprint density at radius 2 is 2.05 bits per heavy atom. The van der Waals surface area contributed by atoms with Gasteiger partial charge in [-0.25, -0.2) is 0 Å². The molecule has 1 saturated heterocycles. The SMILES string of the molecule is CC(NCCN1CCOCC1)c1ccc(O)cc1O. The fourth-order valence-electron chi connectivity index (χ4n) is 2.27. The fraction of sp³-hybridized carbons (Fsp3) is 0.571. The number of aromatic hydroxyl groups is 2. The van der Waals surface area contributed by atoms with Crippen LogP contribution in [0.2, 0.25) is 0 Å². The van der Waals surface area contributed by atoms with Crippen LogP contribution < -0.4 is 5.32 Å². The number of nitrogens with one attached hydrogen (secondary N) is 1. The van der Waals surface area contributed by atoms with Crippen molar-refractivity contribution in [1.82, 2.24) is 10.2 Å². The van der Waals surface area contributed by atoms with Gasteiger partial charge in [0.15, 0.2) is 0 Å². The van der Waals surface area contributed by atoms with Crippen molar-refractivity contribution in [3.05, 3.63) is 23.8 Å². The molecule has 2 rings (SSSR count). The number of morpholine rings is 1. The van der Waals surface area contributed by atoms with Gasteiger partial charge >= 0.3 is 0 Å². The average Bonchev–Trinajstić information content (AvgIpc) is 2.39. The number of benzene rings is 1. The smallest absolute Gasteiger partial charge is 0.124 e. The van der Waals surface area contributed by atoms with Crippen molar-refractivity contribution in [2.24, 2.45) is 0 Å². The van der Waals surface area contributed by atoms with Gasteiger partial charge in [0.2, 0.25) is 0 Å². The lowest BCUT2D eigenvalue weighted by Gasteiger charge is -2.27. The van der Waals surface area contributed by atoms with Crippen LogP contribution in [0.1, 0.15) is 18.5 Å². The molecule has 5 heteroatoms. The Bertz CT molecular complexity index is 406. The van der Waals surface area contributed by atoms with Gasteiger partial charge in [-0.1, -0.05) is 6.07 Å². The highest BCUT2D eigenvalue weighted by molar-refractivity contribution is 5.40. The summed E-state index contributed by atoms with van der Waals surface area (Å²) >= 11 is 0. The number of ether oxygens (including phenoxy) is 1. The Balaban J connectivity index is 1.78. The molecule has 19 heavy (non-hydrogen) atoms. The maximum atomic E-state index is 9.78. The van der Waals surface area contributed by atoms with Crippen LogP contribution in [-0.4, -0.2) is 54.5 Å². The first-order chi connectivity index (χ1) is 9.16. The number of phenolic OH excluding ortho intramolecular Hbond substituents is 2. The van der Waals surface area contributed by atoms with E-state index < -0.39 is 0 Å². The van der Waals surface area contributed by atoms with Crippen molar-refractivity contribution >= 4 is 0 Å². The summed E-state index contributed by atoms with van der Waals surface area (Å²) in [6.45, 7) is 7.45. The molecule has 106 valence electrons. The third kappa shape index (κ3) is 4.09. The lowest BCUT2D eigenvalue weighted by atomic mass is 10.1. The predicted octanol–water partition coefficient (Wildman–Crippen LogP) is 1.08. The molecule has 1 heterocycles. The molecule has 0 bridgehead atoms. The maximum Gasteiger partial charge on any atom is 0.124 e. The van der Waals surface area contributed by atoms with Crippen LogP contribution in [0.15, 0.2) is 18.2 Å². The van der Waals surface area contributed by atoms with Gasteiger partial charge in [-0.05, 0) is 13.0 Å². The maximum absolute atomic E-state index is 9.78. The van der Waals surface area contributed by atoms with Gasteiger partial charge in [0.1, 0.15) is 11.5 Å². The summed E-state index contributed by atoms with van der Waals surface area (Å²) in [5.41, 5.74) is 0.805. The van der Waals surface area contributed by atoms with E-state index >= 15 is 0 Å². The summed E-state index contributed by atoms with van der Waals surface area (Å²) in [7, 11) is 0. The molecular formula is C14H22N2O3. The molecule has 0 amide bonds. The summed E-state index contributed by atoms with van der Waals surface area (Å²) in [6.07, 6.45) is 0. The summed E-state index contributed by atoms with van der Waals surface area (Å²) < 4.78 is 5.30. The molecule has 1 aromatic rings. The van der Waals surface area contributed by atoms with Crippen LogP contribution in [0.5, 0.6) is 11.5 Å². The molecule has 1 aliphatic rings. The summed E-state index contributed by atoms with van der Waals surface area (Å²) in [4.78, 5) is 2.36. The third-order valence-electron chi connectivity index (χ3n) is 3.46. The quantitative estimate of drug-likeness (QED) is 0.744. The van der Waals surface area contributed by atoms with E-state index in [1.807, 2.05) is 6.92 Å². The van der Waals surface area contributed by atoms with Crippen molar-refractivity contribution < 1.29 is 14.9 Å². The number of nitrogens with zero attached hydrogens (tertiary/aromatic N) is 1. The predicted molar refractivity (Wildman–Crippen MR) is 73.4 cm³/mol. The topological polar surface area (TPSA) is 65.0 Å². The lowest BCUT2D eigenvalue weighted by Crippen LogP contribution is -2.40. The first kappa shape index (κ1) is 14.1. The monoisotopic (exact) mass is 266 g/mol. The van der Waals surface area contributed by atoms with Crippen molar-refractivity contribution in [3.63, 3.8) is 0 Å². The van der Waals surface area contributed by atoms with E-state index in [1.54, 1.807) is 12.1 Å². The second kappa shape index (κ2) is 6.75. The van der Waals surface area contributed by atoms with Crippen molar-refractivity contribution in [1.29, 1.82) is 0 Å². The van der Waals surface area contributed by atoms with Crippen molar-refractivity contribution in [2.45, 2.75) is 13.0 Å². The summed E-state index contributed by atoms with van der Waals surface area (Å²) in [5, 5.41) is 22.4. The first-order valence-electron chi connectivity index (χ1n) is 6.72. The highest BCUT2D eigenvalue weighted by atomic mass is 16.5. The van der Waals surface area contributed by atoms with E-state index in [0.29, 0.717) is 0 Å². The van der Waals surface area contributed by atoms with E-state index in [0.717, 1.165) is 45.0 Å². The molecule has 5 nitrogen and oxygen atoms in total. The molecule has 1 fully saturated rings. The Labute approximate surface area is 113 Å². The largest absolute Gasteiger partial charge is 0.508 e. The van der Waals surface area contributed by atoms with E-state index in [1.165, 1.54) is 6.07 Å². The Morgan fingerprint density at radius 3 is 2.74 bits per heavy atom. The second-order valence-electron chi connectivity index (χ2n) is 4.87. The minimum atomic E-state index is 0.0571. The molecule has 1 unspecified atom stereocenters. The highest BCUT2D eigenvalue weighted by Crippen LogP contribution is 2.27. The normalized spacial score (nSPS) is 18.4. The van der Waals surface area contributed by atoms with E-state index in [9.17, 15) is 10.2 Å². The molecule has 0 radical (unpaired) electrons. The Hall–Kier alpha value is -1.30. The third-order valence-corrected chi connectivity index (χ3v) is 3.46. The number of hydrogen-bond acceptors (Lipinski definition) is 5. The van der Waals surface area contributed by atoms with Crippen LogP contribution in [-0.2, 0) is 4.74 Å². The van der Waals surface area contributed by atoms with Crippen molar-refractivity contribution in [2.75, 3.05) is 39.4 Å². The van der Waals surface area contributed by atoms with Gasteiger partial charge in [-0.3, -0.25) is 4.90 Å². The molecule has 1 aliphatic heterocycles. The Kier molecular flexibility index (Phi) is 5.01. The lowest BCUT2D eigenvalue weighted by molar-refractivity contribution is 0.0382. The first-order valence-corrected chi connectivity index (χ1v) is 6.72. The van der Waals surface area contributed by atoms with E-state index in [4.69, 9.17) is 4.74 Å². The average molecular weight is 266 g/mol. The zero-order valence-electron chi connectivity index (χ0n) is 11.3. The fourth-order valence-corrected chi connectivity index (χ4v) is 2.27. The highest BCUT2D eigenvalue weighted by Gasteiger charge is 2.12. The van der Waals surface area contributed by atoms with Gasteiger partial charge < -0.3 is 20.3 Å². The summed E-state index contributed by atoms with van der Waals surface area (Å²) in [5.74, 6) is 0.216. The molecule has 0 aromatic heterocycles. The zero-order chi connectivity index (χ0) is 13.7. The van der Waals surface area contributed by atoms with Crippen LogP contribution >= 0.6 is 0 Å². The molecular weight excluding hydrogens is 244 g/mol. The molecule has 1 aromatic carbocycles. The van der Waals surface area contributed by atoms with Crippen LogP contribution in [0.3, 0.4) is 0 Å². The van der Waals surface area contributed by atoms with Gasteiger partial charge in [0.05, 0.1) is 13.2 Å². The van der Waals surface area contributed by atoms with Crippen LogP contribution in [0.25, 0.3) is 0 Å². The van der Waals surface area contributed by atoms with Crippen LogP contribution in [0, 0.1) is 0 Å². The van der Waals surface area contributed by atoms with Gasteiger partial charge in [0, 0.05) is 43.9 Å². The van der Waals surface area contributed by atoms with E-state index in [2.05, 4.69) is 10.2 Å². The molecule has 1 atom stereocenters. The van der Waals surface area contributed by atoms with Gasteiger partial charge in [-0.2, -0.15) is 0 Å². The van der Waals surface area contributed by atoms with Crippen molar-refractivity contribution in [3.8, 4) is 11.5 Å². The number of hydrogen-bond donors (Lipinski definition) is 3. The minimum absolute atomic E-state index is 0.0571.